The quantitative estimate of drug-likeness (QED) is 0.467. The van der Waals surface area contributed by atoms with Crippen molar-refractivity contribution >= 4 is 33.5 Å². The molecule has 0 N–H and O–H groups in total. The van der Waals surface area contributed by atoms with Gasteiger partial charge in [0.2, 0.25) is 0 Å². The molecule has 0 spiro atoms. The summed E-state index contributed by atoms with van der Waals surface area (Å²) in [7, 11) is 0. The molecule has 2 aromatic carbocycles. The van der Waals surface area contributed by atoms with Crippen LogP contribution in [0.3, 0.4) is 0 Å². The number of para-hydroxylation sites is 1. The van der Waals surface area contributed by atoms with Gasteiger partial charge in [-0.05, 0) is 30.3 Å². The highest BCUT2D eigenvalue weighted by molar-refractivity contribution is 6.30. The van der Waals surface area contributed by atoms with Crippen LogP contribution in [0, 0.1) is 5.82 Å². The molecule has 21 heavy (non-hydrogen) atoms. The Kier molecular flexibility index (Phi) is 2.69. The van der Waals surface area contributed by atoms with E-state index in [0.717, 1.165) is 16.6 Å². The Morgan fingerprint density at radius 2 is 1.86 bits per heavy atom. The second-order valence-corrected chi connectivity index (χ2v) is 5.20. The molecule has 0 fully saturated rings. The number of fused-ring (bicyclic) bond motifs is 3. The first-order chi connectivity index (χ1) is 10.2. The first kappa shape index (κ1) is 12.4. The van der Waals surface area contributed by atoms with Crippen molar-refractivity contribution in [2.45, 2.75) is 0 Å². The van der Waals surface area contributed by atoms with Crippen LogP contribution in [0.2, 0.25) is 5.02 Å². The van der Waals surface area contributed by atoms with E-state index < -0.39 is 0 Å². The van der Waals surface area contributed by atoms with E-state index in [-0.39, 0.29) is 5.82 Å². The predicted octanol–water partition coefficient (Wildman–Crippen LogP) is 5.44. The Morgan fingerprint density at radius 1 is 1.00 bits per heavy atom. The average Bonchev–Trinajstić information content (AvgIpc) is 2.88. The van der Waals surface area contributed by atoms with Crippen molar-refractivity contribution in [3.05, 3.63) is 65.6 Å². The highest BCUT2D eigenvalue weighted by Gasteiger charge is 2.15. The molecule has 4 aromatic rings. The van der Waals surface area contributed by atoms with Gasteiger partial charge in [0.15, 0.2) is 0 Å². The second-order valence-electron chi connectivity index (χ2n) is 4.76. The summed E-state index contributed by atoms with van der Waals surface area (Å²) in [6.07, 6.45) is 1.58. The summed E-state index contributed by atoms with van der Waals surface area (Å²) in [5, 5.41) is 1.82. The molecule has 102 valence electrons. The van der Waals surface area contributed by atoms with Crippen molar-refractivity contribution < 1.29 is 8.81 Å². The topological polar surface area (TPSA) is 26.0 Å². The Bertz CT molecular complexity index is 960. The molecule has 4 rings (SSSR count). The van der Waals surface area contributed by atoms with E-state index in [2.05, 4.69) is 4.98 Å². The molecule has 0 aliphatic rings. The van der Waals surface area contributed by atoms with E-state index in [4.69, 9.17) is 16.0 Å². The fourth-order valence-electron chi connectivity index (χ4n) is 2.54. The number of pyridine rings is 1. The maximum Gasteiger partial charge on any atom is 0.144 e. The molecule has 2 heterocycles. The van der Waals surface area contributed by atoms with Gasteiger partial charge < -0.3 is 4.42 Å². The van der Waals surface area contributed by atoms with Gasteiger partial charge in [0.05, 0.1) is 16.1 Å². The van der Waals surface area contributed by atoms with Crippen molar-refractivity contribution in [3.8, 4) is 11.3 Å². The molecule has 4 heteroatoms. The molecular weight excluding hydrogens is 289 g/mol. The zero-order chi connectivity index (χ0) is 14.4. The average molecular weight is 298 g/mol. The van der Waals surface area contributed by atoms with Crippen molar-refractivity contribution in [1.29, 1.82) is 0 Å². The molecule has 2 aromatic heterocycles. The smallest absolute Gasteiger partial charge is 0.144 e. The fraction of sp³-hybridized carbons (Fsp3) is 0. The highest BCUT2D eigenvalue weighted by Crippen LogP contribution is 2.36. The van der Waals surface area contributed by atoms with Gasteiger partial charge in [0.1, 0.15) is 17.0 Å². The first-order valence-electron chi connectivity index (χ1n) is 6.46. The number of nitrogens with zero attached hydrogens (tertiary/aromatic N) is 1. The molecule has 0 radical (unpaired) electrons. The van der Waals surface area contributed by atoms with Crippen LogP contribution in [-0.4, -0.2) is 4.98 Å². The van der Waals surface area contributed by atoms with Crippen LogP contribution in [0.15, 0.2) is 59.1 Å². The minimum Gasteiger partial charge on any atom is -0.455 e. The fourth-order valence-corrected chi connectivity index (χ4v) is 2.65. The summed E-state index contributed by atoms with van der Waals surface area (Å²) in [6.45, 7) is 0. The lowest BCUT2D eigenvalue weighted by atomic mass is 10.1. The van der Waals surface area contributed by atoms with Crippen LogP contribution in [0.25, 0.3) is 33.2 Å². The predicted molar refractivity (Wildman–Crippen MR) is 81.9 cm³/mol. The van der Waals surface area contributed by atoms with Gasteiger partial charge in [-0.2, -0.15) is 0 Å². The summed E-state index contributed by atoms with van der Waals surface area (Å²) in [6, 6.07) is 14.0. The van der Waals surface area contributed by atoms with Gasteiger partial charge in [-0.3, -0.25) is 4.98 Å². The molecular formula is C17H9ClFNO. The van der Waals surface area contributed by atoms with Crippen LogP contribution in [0.1, 0.15) is 0 Å². The monoisotopic (exact) mass is 297 g/mol. The van der Waals surface area contributed by atoms with Crippen molar-refractivity contribution in [2.75, 3.05) is 0 Å². The normalized spacial score (nSPS) is 11.3. The third-order valence-corrected chi connectivity index (χ3v) is 3.70. The number of hydrogen-bond donors (Lipinski definition) is 0. The van der Waals surface area contributed by atoms with E-state index >= 15 is 0 Å². The van der Waals surface area contributed by atoms with Gasteiger partial charge in [0, 0.05) is 17.1 Å². The van der Waals surface area contributed by atoms with Crippen LogP contribution >= 0.6 is 11.6 Å². The Balaban J connectivity index is 2.09. The SMILES string of the molecule is Fc1cccc2oc3c(-c4ccc(Cl)cn4)cccc3c12. The number of benzene rings is 2. The largest absolute Gasteiger partial charge is 0.455 e. The van der Waals surface area contributed by atoms with Crippen LogP contribution in [-0.2, 0) is 0 Å². The van der Waals surface area contributed by atoms with Crippen LogP contribution < -0.4 is 0 Å². The van der Waals surface area contributed by atoms with Crippen molar-refractivity contribution in [2.24, 2.45) is 0 Å². The van der Waals surface area contributed by atoms with Gasteiger partial charge >= 0.3 is 0 Å². The lowest BCUT2D eigenvalue weighted by Gasteiger charge is -2.01. The Labute approximate surface area is 124 Å². The van der Waals surface area contributed by atoms with Crippen LogP contribution in [0.5, 0.6) is 0 Å². The second kappa shape index (κ2) is 4.57. The number of aromatic nitrogens is 1. The Hall–Kier alpha value is -2.39. The zero-order valence-corrected chi connectivity index (χ0v) is 11.6. The molecule has 0 amide bonds. The van der Waals surface area contributed by atoms with E-state index in [1.807, 2.05) is 24.3 Å². The minimum absolute atomic E-state index is 0.285. The maximum atomic E-state index is 14.0. The van der Waals surface area contributed by atoms with Gasteiger partial charge in [-0.15, -0.1) is 0 Å². The molecule has 0 saturated heterocycles. The molecule has 0 unspecified atom stereocenters. The molecule has 0 aliphatic carbocycles. The molecule has 0 bridgehead atoms. The van der Waals surface area contributed by atoms with E-state index in [0.29, 0.717) is 21.6 Å². The summed E-state index contributed by atoms with van der Waals surface area (Å²) < 4.78 is 19.9. The number of halogens is 2. The van der Waals surface area contributed by atoms with E-state index in [9.17, 15) is 4.39 Å². The summed E-state index contributed by atoms with van der Waals surface area (Å²) in [5.74, 6) is -0.285. The lowest BCUT2D eigenvalue weighted by molar-refractivity contribution is 0.634. The molecule has 0 aliphatic heterocycles. The van der Waals surface area contributed by atoms with Gasteiger partial charge in [-0.1, -0.05) is 29.8 Å². The summed E-state index contributed by atoms with van der Waals surface area (Å²) in [4.78, 5) is 4.31. The summed E-state index contributed by atoms with van der Waals surface area (Å²) in [5.41, 5.74) is 2.73. The van der Waals surface area contributed by atoms with E-state index in [1.54, 1.807) is 24.4 Å². The third-order valence-electron chi connectivity index (χ3n) is 3.48. The number of hydrogen-bond acceptors (Lipinski definition) is 2. The minimum atomic E-state index is -0.285. The van der Waals surface area contributed by atoms with Crippen molar-refractivity contribution in [3.63, 3.8) is 0 Å². The van der Waals surface area contributed by atoms with Gasteiger partial charge in [-0.25, -0.2) is 4.39 Å². The zero-order valence-electron chi connectivity index (χ0n) is 10.8. The number of furan rings is 1. The lowest BCUT2D eigenvalue weighted by Crippen LogP contribution is -1.83. The molecule has 0 saturated carbocycles. The van der Waals surface area contributed by atoms with Gasteiger partial charge in [0.25, 0.3) is 0 Å². The van der Waals surface area contributed by atoms with Crippen molar-refractivity contribution in [1.82, 2.24) is 4.98 Å². The summed E-state index contributed by atoms with van der Waals surface area (Å²) >= 11 is 5.87. The first-order valence-corrected chi connectivity index (χ1v) is 6.83. The Morgan fingerprint density at radius 3 is 2.67 bits per heavy atom. The van der Waals surface area contributed by atoms with Crippen LogP contribution in [0.4, 0.5) is 4.39 Å². The number of rotatable bonds is 1. The maximum absolute atomic E-state index is 14.0. The molecule has 0 atom stereocenters. The third kappa shape index (κ3) is 1.89. The molecule has 2 nitrogen and oxygen atoms in total. The highest BCUT2D eigenvalue weighted by atomic mass is 35.5. The standard InChI is InChI=1S/C17H9ClFNO/c18-10-7-8-14(20-9-10)11-3-1-4-12-16-13(19)5-2-6-15(16)21-17(11)12/h1-9H. The van der Waals surface area contributed by atoms with E-state index in [1.165, 1.54) is 6.07 Å².